The SMILES string of the molecule is CN(C)CCNC(=O)OCc1ccc(OS(=O)(=O)F)cc1. The third kappa shape index (κ3) is 8.10. The molecule has 0 unspecified atom stereocenters. The van der Waals surface area contributed by atoms with E-state index in [0.29, 0.717) is 18.7 Å². The molecular formula is C12H17FN2O5S. The number of benzene rings is 1. The number of carbonyl (C=O) groups excluding carboxylic acids is 1. The van der Waals surface area contributed by atoms with Gasteiger partial charge in [0.15, 0.2) is 0 Å². The lowest BCUT2D eigenvalue weighted by Crippen LogP contribution is -2.31. The second kappa shape index (κ2) is 7.79. The largest absolute Gasteiger partial charge is 0.488 e. The maximum Gasteiger partial charge on any atom is 0.488 e. The highest BCUT2D eigenvalue weighted by molar-refractivity contribution is 7.81. The van der Waals surface area contributed by atoms with Crippen LogP contribution in [0.15, 0.2) is 24.3 Å². The van der Waals surface area contributed by atoms with Crippen molar-refractivity contribution >= 4 is 16.6 Å². The van der Waals surface area contributed by atoms with Gasteiger partial charge in [-0.05, 0) is 31.8 Å². The second-order valence-electron chi connectivity index (χ2n) is 4.43. The van der Waals surface area contributed by atoms with Gasteiger partial charge in [-0.1, -0.05) is 16.0 Å². The number of hydrogen-bond acceptors (Lipinski definition) is 6. The first-order valence-corrected chi connectivity index (χ1v) is 7.35. The minimum Gasteiger partial charge on any atom is -0.445 e. The summed E-state index contributed by atoms with van der Waals surface area (Å²) in [5, 5.41) is 2.57. The summed E-state index contributed by atoms with van der Waals surface area (Å²) in [5.74, 6) is -0.156. The molecule has 0 saturated heterocycles. The normalized spacial score (nSPS) is 11.2. The van der Waals surface area contributed by atoms with Crippen LogP contribution in [0.5, 0.6) is 5.75 Å². The third-order valence-electron chi connectivity index (χ3n) is 2.32. The molecule has 118 valence electrons. The number of nitrogens with zero attached hydrogens (tertiary/aromatic N) is 1. The van der Waals surface area contributed by atoms with Crippen molar-refractivity contribution in [2.24, 2.45) is 0 Å². The van der Waals surface area contributed by atoms with Crippen LogP contribution >= 0.6 is 0 Å². The van der Waals surface area contributed by atoms with Crippen LogP contribution in [-0.2, 0) is 21.8 Å². The maximum atomic E-state index is 12.3. The molecule has 0 saturated carbocycles. The molecule has 21 heavy (non-hydrogen) atoms. The fourth-order valence-corrected chi connectivity index (χ4v) is 1.68. The minimum absolute atomic E-state index is 0.0104. The Morgan fingerprint density at radius 2 is 1.90 bits per heavy atom. The van der Waals surface area contributed by atoms with Crippen molar-refractivity contribution in [1.29, 1.82) is 0 Å². The first-order valence-electron chi connectivity index (χ1n) is 6.04. The van der Waals surface area contributed by atoms with Crippen LogP contribution in [-0.4, -0.2) is 46.6 Å². The predicted molar refractivity (Wildman–Crippen MR) is 73.8 cm³/mol. The van der Waals surface area contributed by atoms with E-state index in [4.69, 9.17) is 4.74 Å². The molecule has 0 aliphatic carbocycles. The molecule has 0 spiro atoms. The molecule has 0 radical (unpaired) electrons. The van der Waals surface area contributed by atoms with Gasteiger partial charge in [0.25, 0.3) is 0 Å². The number of carbonyl (C=O) groups is 1. The van der Waals surface area contributed by atoms with Crippen molar-refractivity contribution < 1.29 is 26.0 Å². The molecule has 0 aromatic heterocycles. The minimum atomic E-state index is -5.03. The van der Waals surface area contributed by atoms with Crippen LogP contribution in [0.2, 0.25) is 0 Å². The van der Waals surface area contributed by atoms with Crippen molar-refractivity contribution in [1.82, 2.24) is 10.2 Å². The summed E-state index contributed by atoms with van der Waals surface area (Å²) >= 11 is 0. The van der Waals surface area contributed by atoms with E-state index in [9.17, 15) is 17.1 Å². The molecule has 0 fully saturated rings. The molecule has 1 rings (SSSR count). The van der Waals surface area contributed by atoms with Gasteiger partial charge in [-0.15, -0.1) is 0 Å². The Bertz CT molecular complexity index is 560. The smallest absolute Gasteiger partial charge is 0.445 e. The summed E-state index contributed by atoms with van der Waals surface area (Å²) in [4.78, 5) is 13.3. The Hall–Kier alpha value is -1.87. The zero-order valence-electron chi connectivity index (χ0n) is 11.7. The average Bonchev–Trinajstić information content (AvgIpc) is 2.35. The number of nitrogens with one attached hydrogen (secondary N) is 1. The molecule has 0 aliphatic rings. The van der Waals surface area contributed by atoms with Crippen molar-refractivity contribution in [3.63, 3.8) is 0 Å². The first kappa shape index (κ1) is 17.2. The molecule has 1 N–H and O–H groups in total. The highest BCUT2D eigenvalue weighted by atomic mass is 32.3. The molecule has 9 heteroatoms. The van der Waals surface area contributed by atoms with Crippen molar-refractivity contribution in [3.05, 3.63) is 29.8 Å². The van der Waals surface area contributed by atoms with Crippen molar-refractivity contribution in [2.75, 3.05) is 27.2 Å². The quantitative estimate of drug-likeness (QED) is 0.756. The molecular weight excluding hydrogens is 303 g/mol. The standard InChI is InChI=1S/C12H17FN2O5S/c1-15(2)8-7-14-12(16)19-9-10-3-5-11(6-4-10)20-21(13,17)18/h3-6H,7-9H2,1-2H3,(H,14,16). The lowest BCUT2D eigenvalue weighted by molar-refractivity contribution is 0.139. The van der Waals surface area contributed by atoms with E-state index in [0.717, 1.165) is 0 Å². The highest BCUT2D eigenvalue weighted by Crippen LogP contribution is 2.15. The van der Waals surface area contributed by atoms with Crippen molar-refractivity contribution in [2.45, 2.75) is 6.61 Å². The third-order valence-corrected chi connectivity index (χ3v) is 2.71. The zero-order valence-corrected chi connectivity index (χ0v) is 12.5. The summed E-state index contributed by atoms with van der Waals surface area (Å²) in [7, 11) is -1.27. The first-order chi connectivity index (χ1) is 9.76. The lowest BCUT2D eigenvalue weighted by Gasteiger charge is -2.10. The molecule has 0 atom stereocenters. The topological polar surface area (TPSA) is 84.9 Å². The van der Waals surface area contributed by atoms with Crippen LogP contribution in [0, 0.1) is 0 Å². The average molecular weight is 320 g/mol. The maximum absolute atomic E-state index is 12.3. The van der Waals surface area contributed by atoms with Crippen LogP contribution < -0.4 is 9.50 Å². The Morgan fingerprint density at radius 3 is 2.43 bits per heavy atom. The Balaban J connectivity index is 2.37. The van der Waals surface area contributed by atoms with Gasteiger partial charge in [0.2, 0.25) is 0 Å². The van der Waals surface area contributed by atoms with E-state index in [1.54, 1.807) is 0 Å². The van der Waals surface area contributed by atoms with Crippen LogP contribution in [0.4, 0.5) is 8.68 Å². The molecule has 0 heterocycles. The van der Waals surface area contributed by atoms with Crippen LogP contribution in [0.3, 0.4) is 0 Å². The Labute approximate surface area is 123 Å². The van der Waals surface area contributed by atoms with E-state index in [2.05, 4.69) is 9.50 Å². The Morgan fingerprint density at radius 1 is 1.29 bits per heavy atom. The van der Waals surface area contributed by atoms with Crippen molar-refractivity contribution in [3.8, 4) is 5.75 Å². The number of amides is 1. The summed E-state index contributed by atoms with van der Waals surface area (Å²) in [5.41, 5.74) is 0.612. The van der Waals surface area contributed by atoms with E-state index in [1.165, 1.54) is 24.3 Å². The second-order valence-corrected chi connectivity index (χ2v) is 5.38. The van der Waals surface area contributed by atoms with Gasteiger partial charge in [-0.3, -0.25) is 0 Å². The number of halogens is 1. The molecule has 0 aliphatic heterocycles. The van der Waals surface area contributed by atoms with Gasteiger partial charge in [-0.2, -0.15) is 8.42 Å². The van der Waals surface area contributed by atoms with Gasteiger partial charge in [0, 0.05) is 13.1 Å². The number of hydrogen-bond donors (Lipinski definition) is 1. The predicted octanol–water partition coefficient (Wildman–Crippen LogP) is 1.07. The van der Waals surface area contributed by atoms with E-state index in [1.807, 2.05) is 19.0 Å². The highest BCUT2D eigenvalue weighted by Gasteiger charge is 2.09. The monoisotopic (exact) mass is 320 g/mol. The van der Waals surface area contributed by atoms with Crippen LogP contribution in [0.25, 0.3) is 0 Å². The van der Waals surface area contributed by atoms with E-state index in [-0.39, 0.29) is 12.4 Å². The summed E-state index contributed by atoms with van der Waals surface area (Å²) in [6, 6.07) is 5.46. The van der Waals surface area contributed by atoms with Gasteiger partial charge < -0.3 is 19.1 Å². The molecule has 1 aromatic rings. The van der Waals surface area contributed by atoms with E-state index < -0.39 is 16.6 Å². The van der Waals surface area contributed by atoms with Crippen LogP contribution in [0.1, 0.15) is 5.56 Å². The number of rotatable bonds is 7. The molecule has 7 nitrogen and oxygen atoms in total. The summed E-state index contributed by atoms with van der Waals surface area (Å²) in [6.45, 7) is 1.17. The van der Waals surface area contributed by atoms with Gasteiger partial charge in [0.1, 0.15) is 12.4 Å². The van der Waals surface area contributed by atoms with Gasteiger partial charge in [0.05, 0.1) is 0 Å². The number of likely N-dealkylation sites (N-methyl/N-ethyl adjacent to an activating group) is 1. The fourth-order valence-electron chi connectivity index (χ4n) is 1.34. The Kier molecular flexibility index (Phi) is 6.38. The summed E-state index contributed by atoms with van der Waals surface area (Å²) < 4.78 is 41.8. The summed E-state index contributed by atoms with van der Waals surface area (Å²) in [6.07, 6.45) is -0.552. The van der Waals surface area contributed by atoms with Gasteiger partial charge >= 0.3 is 16.6 Å². The number of alkyl carbamates (subject to hydrolysis) is 1. The number of ether oxygens (including phenoxy) is 1. The lowest BCUT2D eigenvalue weighted by atomic mass is 10.2. The molecule has 1 aromatic carbocycles. The zero-order chi connectivity index (χ0) is 15.9. The molecule has 1 amide bonds. The fraction of sp³-hybridized carbons (Fsp3) is 0.417. The van der Waals surface area contributed by atoms with E-state index >= 15 is 0 Å². The van der Waals surface area contributed by atoms with Gasteiger partial charge in [-0.25, -0.2) is 4.79 Å². The molecule has 0 bridgehead atoms.